The first kappa shape index (κ1) is 20.7. The van der Waals surface area contributed by atoms with Crippen LogP contribution in [0.3, 0.4) is 0 Å². The summed E-state index contributed by atoms with van der Waals surface area (Å²) < 4.78 is 5.26. The van der Waals surface area contributed by atoms with Gasteiger partial charge in [-0.05, 0) is 38.5 Å². The smallest absolute Gasteiger partial charge is 0.313 e. The van der Waals surface area contributed by atoms with Crippen LogP contribution < -0.4 is 0 Å². The van der Waals surface area contributed by atoms with Gasteiger partial charge in [0.25, 0.3) is 0 Å². The number of ether oxygens (including phenoxy) is 1. The summed E-state index contributed by atoms with van der Waals surface area (Å²) in [6.45, 7) is 3.92. The van der Waals surface area contributed by atoms with E-state index < -0.39 is 11.5 Å². The molecule has 0 spiro atoms. The van der Waals surface area contributed by atoms with Crippen molar-refractivity contribution in [2.45, 2.75) is 71.3 Å². The Morgan fingerprint density at radius 3 is 2.79 bits per heavy atom. The Kier molecular flexibility index (Phi) is 6.36. The predicted molar refractivity (Wildman–Crippen MR) is 103 cm³/mol. The van der Waals surface area contributed by atoms with Gasteiger partial charge in [0.05, 0.1) is 24.6 Å². The van der Waals surface area contributed by atoms with Gasteiger partial charge < -0.3 is 9.64 Å². The van der Waals surface area contributed by atoms with Crippen LogP contribution in [0.25, 0.3) is 0 Å². The molecule has 0 aromatic heterocycles. The highest BCUT2D eigenvalue weighted by atomic mass is 16.5. The normalized spacial score (nSPS) is 35.4. The van der Waals surface area contributed by atoms with Gasteiger partial charge >= 0.3 is 5.97 Å². The molecule has 154 valence electrons. The van der Waals surface area contributed by atoms with Crippen LogP contribution in [0.4, 0.5) is 0 Å². The number of rotatable bonds is 2. The van der Waals surface area contributed by atoms with Gasteiger partial charge in [0.15, 0.2) is 11.6 Å². The minimum absolute atomic E-state index is 0.000748. The lowest BCUT2D eigenvalue weighted by atomic mass is 9.91. The van der Waals surface area contributed by atoms with Crippen molar-refractivity contribution in [3.63, 3.8) is 0 Å². The molecule has 2 heterocycles. The molecule has 0 bridgehead atoms. The van der Waals surface area contributed by atoms with Crippen LogP contribution in [-0.2, 0) is 23.9 Å². The number of carbonyl (C=O) groups is 4. The average molecular weight is 389 g/mol. The van der Waals surface area contributed by atoms with Crippen molar-refractivity contribution in [3.8, 4) is 0 Å². The fraction of sp³-hybridized carbons (Fsp3) is 0.727. The molecule has 1 saturated carbocycles. The van der Waals surface area contributed by atoms with E-state index in [0.717, 1.165) is 32.1 Å². The van der Waals surface area contributed by atoms with Crippen LogP contribution in [0.1, 0.15) is 65.2 Å². The Hall–Kier alpha value is -1.98. The van der Waals surface area contributed by atoms with Gasteiger partial charge in [-0.15, -0.1) is 0 Å². The summed E-state index contributed by atoms with van der Waals surface area (Å²) in [5.41, 5.74) is -0.824. The fourth-order valence-corrected chi connectivity index (χ4v) is 4.57. The number of esters is 1. The minimum atomic E-state index is -0.824. The highest BCUT2D eigenvalue weighted by Gasteiger charge is 2.61. The first-order valence-electron chi connectivity index (χ1n) is 10.6. The van der Waals surface area contributed by atoms with E-state index in [4.69, 9.17) is 4.74 Å². The van der Waals surface area contributed by atoms with E-state index in [1.54, 1.807) is 6.92 Å². The zero-order chi connectivity index (χ0) is 20.3. The molecule has 1 saturated heterocycles. The number of hydrogen-bond acceptors (Lipinski definition) is 5. The van der Waals surface area contributed by atoms with Crippen LogP contribution in [-0.4, -0.2) is 47.5 Å². The molecule has 6 heteroatoms. The van der Waals surface area contributed by atoms with E-state index in [-0.39, 0.29) is 61.3 Å². The monoisotopic (exact) mass is 389 g/mol. The quantitative estimate of drug-likeness (QED) is 0.536. The van der Waals surface area contributed by atoms with Crippen molar-refractivity contribution < 1.29 is 23.9 Å². The Labute approximate surface area is 166 Å². The fourth-order valence-electron chi connectivity index (χ4n) is 4.57. The standard InChI is InChI=1S/C22H31NO5/c1-3-28-21(27)22-12-16(22)10-8-6-4-5-7-9-15(2)20(26)23-14-17(24)11-18(23)19(25)13-22/h8,10,15-16,18H,3-7,9,11-14H2,1-2H3/b10-8-/t15-,16+,18-,22+/m0/s1. The molecule has 1 aliphatic carbocycles. The van der Waals surface area contributed by atoms with Crippen molar-refractivity contribution >= 4 is 23.4 Å². The number of nitrogens with zero attached hydrogens (tertiary/aromatic N) is 1. The molecule has 0 aromatic carbocycles. The molecule has 0 unspecified atom stereocenters. The molecule has 4 atom stereocenters. The first-order valence-corrected chi connectivity index (χ1v) is 10.6. The molecule has 0 aromatic rings. The van der Waals surface area contributed by atoms with Gasteiger partial charge in [-0.1, -0.05) is 31.9 Å². The maximum absolute atomic E-state index is 13.1. The maximum atomic E-state index is 13.1. The van der Waals surface area contributed by atoms with E-state index in [1.165, 1.54) is 4.90 Å². The third-order valence-corrected chi connectivity index (χ3v) is 6.40. The van der Waals surface area contributed by atoms with Crippen LogP contribution in [0, 0.1) is 17.3 Å². The van der Waals surface area contributed by atoms with Gasteiger partial charge in [0, 0.05) is 18.8 Å². The molecule has 0 radical (unpaired) electrons. The zero-order valence-electron chi connectivity index (χ0n) is 16.9. The molecule has 28 heavy (non-hydrogen) atoms. The number of carbonyl (C=O) groups excluding carboxylic acids is 4. The lowest BCUT2D eigenvalue weighted by Crippen LogP contribution is -2.44. The number of ketones is 2. The van der Waals surface area contributed by atoms with Crippen molar-refractivity contribution in [2.75, 3.05) is 13.2 Å². The van der Waals surface area contributed by atoms with Crippen molar-refractivity contribution in [3.05, 3.63) is 12.2 Å². The van der Waals surface area contributed by atoms with Crippen LogP contribution >= 0.6 is 0 Å². The molecule has 0 N–H and O–H groups in total. The molecular formula is C22H31NO5. The summed E-state index contributed by atoms with van der Waals surface area (Å²) in [6, 6.07) is -0.732. The number of hydrogen-bond donors (Lipinski definition) is 0. The van der Waals surface area contributed by atoms with Gasteiger partial charge in [0.1, 0.15) is 0 Å². The van der Waals surface area contributed by atoms with Crippen LogP contribution in [0.2, 0.25) is 0 Å². The van der Waals surface area contributed by atoms with E-state index in [1.807, 2.05) is 6.92 Å². The highest BCUT2D eigenvalue weighted by Crippen LogP contribution is 2.57. The largest absolute Gasteiger partial charge is 0.466 e. The molecule has 6 nitrogen and oxygen atoms in total. The van der Waals surface area contributed by atoms with Gasteiger partial charge in [-0.3, -0.25) is 19.2 Å². The second-order valence-electron chi connectivity index (χ2n) is 8.52. The van der Waals surface area contributed by atoms with Crippen LogP contribution in [0.5, 0.6) is 0 Å². The third kappa shape index (κ3) is 4.20. The van der Waals surface area contributed by atoms with Crippen molar-refractivity contribution in [2.24, 2.45) is 17.3 Å². The average Bonchev–Trinajstić information content (AvgIpc) is 3.21. The molecule has 2 fully saturated rings. The highest BCUT2D eigenvalue weighted by molar-refractivity contribution is 6.01. The topological polar surface area (TPSA) is 80.8 Å². The summed E-state index contributed by atoms with van der Waals surface area (Å²) in [5, 5.41) is 0. The predicted octanol–water partition coefficient (Wildman–Crippen LogP) is 2.84. The van der Waals surface area contributed by atoms with Crippen molar-refractivity contribution in [1.82, 2.24) is 4.90 Å². The van der Waals surface area contributed by atoms with Gasteiger partial charge in [-0.2, -0.15) is 0 Å². The Bertz CT molecular complexity index is 684. The summed E-state index contributed by atoms with van der Waals surface area (Å²) in [6.07, 6.45) is 9.60. The van der Waals surface area contributed by atoms with Gasteiger partial charge in [0.2, 0.25) is 5.91 Å². The summed E-state index contributed by atoms with van der Waals surface area (Å²) in [7, 11) is 0. The molecule has 2 aliphatic heterocycles. The lowest BCUT2D eigenvalue weighted by molar-refractivity contribution is -0.152. The Morgan fingerprint density at radius 2 is 2.04 bits per heavy atom. The van der Waals surface area contributed by atoms with E-state index in [9.17, 15) is 19.2 Å². The number of fused-ring (bicyclic) bond motifs is 2. The van der Waals surface area contributed by atoms with Crippen LogP contribution in [0.15, 0.2) is 12.2 Å². The van der Waals surface area contributed by atoms with E-state index >= 15 is 0 Å². The Balaban J connectivity index is 1.85. The van der Waals surface area contributed by atoms with E-state index in [0.29, 0.717) is 6.42 Å². The molecule has 3 aliphatic rings. The van der Waals surface area contributed by atoms with Gasteiger partial charge in [-0.25, -0.2) is 0 Å². The number of amides is 1. The van der Waals surface area contributed by atoms with Crippen molar-refractivity contribution in [1.29, 1.82) is 0 Å². The minimum Gasteiger partial charge on any atom is -0.466 e. The lowest BCUT2D eigenvalue weighted by Gasteiger charge is -2.27. The number of Topliss-reactive ketones (excluding diaryl/α,β-unsaturated/α-hetero) is 2. The SMILES string of the molecule is CCOC(=O)[C@]12CC(=O)[C@@H]3CC(=O)CN3C(=O)[C@@H](C)CCCCC/C=C\[C@@H]1C2. The molecule has 1 amide bonds. The second kappa shape index (κ2) is 8.58. The summed E-state index contributed by atoms with van der Waals surface area (Å²) in [4.78, 5) is 52.1. The third-order valence-electron chi connectivity index (χ3n) is 6.40. The molecule has 3 rings (SSSR count). The second-order valence-corrected chi connectivity index (χ2v) is 8.52. The van der Waals surface area contributed by atoms with E-state index in [2.05, 4.69) is 12.2 Å². The zero-order valence-corrected chi connectivity index (χ0v) is 16.9. The summed E-state index contributed by atoms with van der Waals surface area (Å²) >= 11 is 0. The number of allylic oxidation sites excluding steroid dienone is 2. The summed E-state index contributed by atoms with van der Waals surface area (Å²) in [5.74, 6) is -0.925. The Morgan fingerprint density at radius 1 is 1.25 bits per heavy atom. The maximum Gasteiger partial charge on any atom is 0.313 e. The molecular weight excluding hydrogens is 358 g/mol. The first-order chi connectivity index (χ1) is 13.4.